The molecule has 1 amide bonds. The highest BCUT2D eigenvalue weighted by Gasteiger charge is 2.45. The molecule has 1 N–H and O–H groups in total. The number of nitrogens with zero attached hydrogens (tertiary/aromatic N) is 2. The average molecular weight is 382 g/mol. The average Bonchev–Trinajstić information content (AvgIpc) is 2.99. The summed E-state index contributed by atoms with van der Waals surface area (Å²) in [5.41, 5.74) is 1.17. The minimum absolute atomic E-state index is 0.0573. The number of pyridine rings is 1. The summed E-state index contributed by atoms with van der Waals surface area (Å²) >= 11 is 0. The standard InChI is InChI=1S/C21H22N2O5/c1-27-12-4-11-23-18(14-7-9-22-10-8-14)17(20(25)21(23)26)19(24)15-5-3-6-16(13-15)28-2/h3,5-10,13,18,24H,4,11-12H2,1-2H3/t18-/m0/s1. The Morgan fingerprint density at radius 2 is 1.93 bits per heavy atom. The number of aliphatic hydroxyl groups is 1. The Hall–Kier alpha value is -3.19. The Kier molecular flexibility index (Phi) is 6.06. The summed E-state index contributed by atoms with van der Waals surface area (Å²) in [5.74, 6) is -1.03. The van der Waals surface area contributed by atoms with Crippen LogP contribution < -0.4 is 4.74 Å². The van der Waals surface area contributed by atoms with Gasteiger partial charge in [-0.25, -0.2) is 0 Å². The summed E-state index contributed by atoms with van der Waals surface area (Å²) in [6, 6.07) is 9.52. The van der Waals surface area contributed by atoms with Crippen LogP contribution in [0.3, 0.4) is 0 Å². The summed E-state index contributed by atoms with van der Waals surface area (Å²) in [6.07, 6.45) is 3.76. The molecule has 3 rings (SSSR count). The van der Waals surface area contributed by atoms with Crippen LogP contribution in [0.25, 0.3) is 5.76 Å². The van der Waals surface area contributed by atoms with Gasteiger partial charge in [0.1, 0.15) is 11.5 Å². The second-order valence-electron chi connectivity index (χ2n) is 6.35. The number of benzene rings is 1. The van der Waals surface area contributed by atoms with Crippen molar-refractivity contribution in [2.24, 2.45) is 0 Å². The van der Waals surface area contributed by atoms with Gasteiger partial charge in [-0.15, -0.1) is 0 Å². The van der Waals surface area contributed by atoms with E-state index < -0.39 is 17.7 Å². The van der Waals surface area contributed by atoms with E-state index >= 15 is 0 Å². The summed E-state index contributed by atoms with van der Waals surface area (Å²) in [6.45, 7) is 0.794. The van der Waals surface area contributed by atoms with Gasteiger partial charge in [0, 0.05) is 38.2 Å². The summed E-state index contributed by atoms with van der Waals surface area (Å²) in [5, 5.41) is 10.9. The normalized spacial score (nSPS) is 18.5. The van der Waals surface area contributed by atoms with Gasteiger partial charge in [0.15, 0.2) is 0 Å². The molecule has 1 aromatic heterocycles. The second kappa shape index (κ2) is 8.67. The van der Waals surface area contributed by atoms with Crippen molar-refractivity contribution in [1.82, 2.24) is 9.88 Å². The minimum Gasteiger partial charge on any atom is -0.507 e. The molecule has 1 aromatic carbocycles. The second-order valence-corrected chi connectivity index (χ2v) is 6.35. The van der Waals surface area contributed by atoms with E-state index in [9.17, 15) is 14.7 Å². The van der Waals surface area contributed by atoms with Crippen LogP contribution >= 0.6 is 0 Å². The number of aliphatic hydroxyl groups excluding tert-OH is 1. The first-order valence-corrected chi connectivity index (χ1v) is 8.90. The minimum atomic E-state index is -0.709. The molecule has 1 saturated heterocycles. The number of rotatable bonds is 7. The largest absolute Gasteiger partial charge is 0.507 e. The zero-order valence-electron chi connectivity index (χ0n) is 15.8. The number of hydrogen-bond donors (Lipinski definition) is 1. The van der Waals surface area contributed by atoms with Crippen LogP contribution in [-0.2, 0) is 14.3 Å². The predicted octanol–water partition coefficient (Wildman–Crippen LogP) is 2.55. The highest BCUT2D eigenvalue weighted by atomic mass is 16.5. The molecular formula is C21H22N2O5. The van der Waals surface area contributed by atoms with Crippen LogP contribution in [0.15, 0.2) is 54.4 Å². The van der Waals surface area contributed by atoms with Crippen LogP contribution in [0, 0.1) is 0 Å². The number of methoxy groups -OCH3 is 2. The van der Waals surface area contributed by atoms with Crippen LogP contribution in [0.5, 0.6) is 5.75 Å². The van der Waals surface area contributed by atoms with Crippen molar-refractivity contribution in [3.8, 4) is 5.75 Å². The number of Topliss-reactive ketones (excluding diaryl/α,β-unsaturated/α-hetero) is 1. The van der Waals surface area contributed by atoms with Crippen LogP contribution in [0.1, 0.15) is 23.6 Å². The fourth-order valence-corrected chi connectivity index (χ4v) is 3.31. The number of amides is 1. The Morgan fingerprint density at radius 1 is 1.18 bits per heavy atom. The Bertz CT molecular complexity index is 895. The van der Waals surface area contributed by atoms with Crippen LogP contribution in [0.2, 0.25) is 0 Å². The summed E-state index contributed by atoms with van der Waals surface area (Å²) in [4.78, 5) is 31.0. The lowest BCUT2D eigenvalue weighted by Crippen LogP contribution is -2.31. The number of likely N-dealkylation sites (tertiary alicyclic amines) is 1. The van der Waals surface area contributed by atoms with Crippen molar-refractivity contribution < 1.29 is 24.2 Å². The molecule has 0 spiro atoms. The zero-order chi connectivity index (χ0) is 20.1. The summed E-state index contributed by atoms with van der Waals surface area (Å²) in [7, 11) is 3.10. The van der Waals surface area contributed by atoms with Gasteiger partial charge in [-0.3, -0.25) is 14.6 Å². The van der Waals surface area contributed by atoms with E-state index in [0.717, 1.165) is 0 Å². The van der Waals surface area contributed by atoms with Crippen molar-refractivity contribution in [2.75, 3.05) is 27.4 Å². The maximum Gasteiger partial charge on any atom is 0.295 e. The first-order valence-electron chi connectivity index (χ1n) is 8.90. The molecule has 2 heterocycles. The van der Waals surface area contributed by atoms with Gasteiger partial charge in [-0.1, -0.05) is 12.1 Å². The van der Waals surface area contributed by atoms with Gasteiger partial charge in [0.25, 0.3) is 11.7 Å². The predicted molar refractivity (Wildman–Crippen MR) is 103 cm³/mol. The maximum atomic E-state index is 12.8. The molecule has 1 fully saturated rings. The first-order chi connectivity index (χ1) is 13.6. The van der Waals surface area contributed by atoms with E-state index in [4.69, 9.17) is 9.47 Å². The van der Waals surface area contributed by atoms with Gasteiger partial charge >= 0.3 is 0 Å². The molecule has 1 aliphatic heterocycles. The van der Waals surface area contributed by atoms with Crippen molar-refractivity contribution >= 4 is 17.4 Å². The van der Waals surface area contributed by atoms with Gasteiger partial charge in [-0.2, -0.15) is 0 Å². The molecule has 0 saturated carbocycles. The van der Waals surface area contributed by atoms with Crippen molar-refractivity contribution in [1.29, 1.82) is 0 Å². The highest BCUT2D eigenvalue weighted by molar-refractivity contribution is 6.46. The topological polar surface area (TPSA) is 89.0 Å². The number of carbonyl (C=O) groups excluding carboxylic acids is 2. The van der Waals surface area contributed by atoms with Gasteiger partial charge < -0.3 is 19.5 Å². The van der Waals surface area contributed by atoms with E-state index in [1.807, 2.05) is 0 Å². The lowest BCUT2D eigenvalue weighted by atomic mass is 9.96. The van der Waals surface area contributed by atoms with Crippen molar-refractivity contribution in [2.45, 2.75) is 12.5 Å². The molecule has 0 bridgehead atoms. The van der Waals surface area contributed by atoms with Crippen LogP contribution in [0.4, 0.5) is 0 Å². The summed E-state index contributed by atoms with van der Waals surface area (Å²) < 4.78 is 10.3. The van der Waals surface area contributed by atoms with Gasteiger partial charge in [0.2, 0.25) is 0 Å². The van der Waals surface area contributed by atoms with Gasteiger partial charge in [0.05, 0.1) is 18.7 Å². The van der Waals surface area contributed by atoms with E-state index in [0.29, 0.717) is 36.4 Å². The van der Waals surface area contributed by atoms with E-state index in [1.54, 1.807) is 55.9 Å². The van der Waals surface area contributed by atoms with E-state index in [1.165, 1.54) is 12.0 Å². The Labute approximate surface area is 163 Å². The Balaban J connectivity index is 2.10. The third-order valence-electron chi connectivity index (χ3n) is 4.65. The third-order valence-corrected chi connectivity index (χ3v) is 4.65. The molecule has 7 heteroatoms. The monoisotopic (exact) mass is 382 g/mol. The molecule has 1 atom stereocenters. The van der Waals surface area contributed by atoms with E-state index in [2.05, 4.69) is 4.98 Å². The fraction of sp³-hybridized carbons (Fsp3) is 0.286. The molecule has 0 radical (unpaired) electrons. The van der Waals surface area contributed by atoms with Gasteiger partial charge in [-0.05, 0) is 36.2 Å². The molecule has 28 heavy (non-hydrogen) atoms. The smallest absolute Gasteiger partial charge is 0.295 e. The fourth-order valence-electron chi connectivity index (χ4n) is 3.31. The lowest BCUT2D eigenvalue weighted by Gasteiger charge is -2.25. The SMILES string of the molecule is COCCCN1C(=O)C(=O)C(=C(O)c2cccc(OC)c2)[C@@H]1c1ccncc1. The lowest BCUT2D eigenvalue weighted by molar-refractivity contribution is -0.140. The maximum absolute atomic E-state index is 12.8. The molecule has 2 aromatic rings. The first kappa shape index (κ1) is 19.6. The molecule has 146 valence electrons. The zero-order valence-corrected chi connectivity index (χ0v) is 15.8. The number of carbonyl (C=O) groups is 2. The quantitative estimate of drug-likeness (QED) is 0.343. The third kappa shape index (κ3) is 3.75. The number of aromatic nitrogens is 1. The number of ether oxygens (including phenoxy) is 2. The Morgan fingerprint density at radius 3 is 2.61 bits per heavy atom. The number of hydrogen-bond acceptors (Lipinski definition) is 6. The number of ketones is 1. The van der Waals surface area contributed by atoms with Crippen molar-refractivity contribution in [3.05, 3.63) is 65.5 Å². The molecular weight excluding hydrogens is 360 g/mol. The highest BCUT2D eigenvalue weighted by Crippen LogP contribution is 2.39. The molecule has 0 unspecified atom stereocenters. The molecule has 0 aliphatic carbocycles. The van der Waals surface area contributed by atoms with Crippen LogP contribution in [-0.4, -0.2) is 54.1 Å². The molecule has 7 nitrogen and oxygen atoms in total. The van der Waals surface area contributed by atoms with Crippen molar-refractivity contribution in [3.63, 3.8) is 0 Å². The van der Waals surface area contributed by atoms with E-state index in [-0.39, 0.29) is 11.3 Å². The molecule has 1 aliphatic rings.